The topological polar surface area (TPSA) is 78.9 Å². The van der Waals surface area contributed by atoms with Gasteiger partial charge in [-0.3, -0.25) is 14.4 Å². The van der Waals surface area contributed by atoms with Gasteiger partial charge in [0, 0.05) is 19.3 Å². The second kappa shape index (κ2) is 51.9. The molecule has 0 spiro atoms. The van der Waals surface area contributed by atoms with Crippen LogP contribution >= 0.6 is 0 Å². The Morgan fingerprint density at radius 3 is 1.14 bits per heavy atom. The van der Waals surface area contributed by atoms with Gasteiger partial charge in [0.25, 0.3) is 0 Å². The summed E-state index contributed by atoms with van der Waals surface area (Å²) in [6.07, 6.45) is 73.9. The lowest BCUT2D eigenvalue weighted by atomic mass is 10.1. The molecule has 1 unspecified atom stereocenters. The summed E-state index contributed by atoms with van der Waals surface area (Å²) in [7, 11) is 0. The molecule has 0 bridgehead atoms. The molecule has 0 amide bonds. The fourth-order valence-corrected chi connectivity index (χ4v) is 6.26. The molecule has 0 saturated heterocycles. The van der Waals surface area contributed by atoms with E-state index < -0.39 is 6.10 Å². The molecule has 0 aliphatic heterocycles. The van der Waals surface area contributed by atoms with Crippen molar-refractivity contribution in [1.29, 1.82) is 0 Å². The molecule has 0 radical (unpaired) electrons. The Balaban J connectivity index is 4.55. The SMILES string of the molecule is CC/C=C/C=C/C=C/C=C/CCCCCC(=O)OCC(COC(=O)CCCCCCC/C=C/C=C/C=C/C=C/C=C/CCC)OC(=O)CCCCCCCC/C=C/C/C=C/C/C=C/CC. The Morgan fingerprint density at radius 2 is 0.677 bits per heavy atom. The van der Waals surface area contributed by atoms with Crippen molar-refractivity contribution in [1.82, 2.24) is 0 Å². The number of hydrogen-bond acceptors (Lipinski definition) is 6. The average molecular weight is 895 g/mol. The van der Waals surface area contributed by atoms with Gasteiger partial charge in [-0.25, -0.2) is 0 Å². The van der Waals surface area contributed by atoms with E-state index in [2.05, 4.69) is 93.7 Å². The molecule has 6 heteroatoms. The molecule has 6 nitrogen and oxygen atoms in total. The summed E-state index contributed by atoms with van der Waals surface area (Å²) in [6.45, 7) is 6.20. The van der Waals surface area contributed by atoms with Crippen LogP contribution in [0.3, 0.4) is 0 Å². The van der Waals surface area contributed by atoms with Crippen molar-refractivity contribution >= 4 is 17.9 Å². The lowest BCUT2D eigenvalue weighted by Gasteiger charge is -2.18. The summed E-state index contributed by atoms with van der Waals surface area (Å²) in [5.41, 5.74) is 0. The van der Waals surface area contributed by atoms with Gasteiger partial charge in [-0.1, -0.05) is 224 Å². The maximum Gasteiger partial charge on any atom is 0.306 e. The fraction of sp³-hybridized carbons (Fsp3) is 0.542. The highest BCUT2D eigenvalue weighted by atomic mass is 16.6. The van der Waals surface area contributed by atoms with Crippen LogP contribution in [0.1, 0.15) is 188 Å². The zero-order valence-electron chi connectivity index (χ0n) is 41.2. The second-order valence-corrected chi connectivity index (χ2v) is 16.2. The first kappa shape index (κ1) is 60.3. The van der Waals surface area contributed by atoms with Gasteiger partial charge in [-0.05, 0) is 89.9 Å². The molecule has 362 valence electrons. The zero-order valence-corrected chi connectivity index (χ0v) is 41.2. The van der Waals surface area contributed by atoms with Crippen LogP contribution in [0, 0.1) is 0 Å². The molecule has 0 aliphatic carbocycles. The van der Waals surface area contributed by atoms with E-state index in [1.54, 1.807) is 0 Å². The van der Waals surface area contributed by atoms with E-state index in [1.807, 2.05) is 72.9 Å². The Morgan fingerprint density at radius 1 is 0.338 bits per heavy atom. The summed E-state index contributed by atoms with van der Waals surface area (Å²) in [5, 5.41) is 0. The molecule has 0 N–H and O–H groups in total. The third-order valence-electron chi connectivity index (χ3n) is 10.0. The van der Waals surface area contributed by atoms with E-state index in [-0.39, 0.29) is 31.1 Å². The Hall–Kier alpha value is -4.71. The van der Waals surface area contributed by atoms with Crippen LogP contribution in [-0.4, -0.2) is 37.2 Å². The number of carbonyl (C=O) groups is 3. The first-order valence-corrected chi connectivity index (χ1v) is 25.5. The quantitative estimate of drug-likeness (QED) is 0.0199. The maximum atomic E-state index is 12.8. The molecule has 65 heavy (non-hydrogen) atoms. The number of unbranched alkanes of at least 4 members (excludes halogenated alkanes) is 15. The zero-order chi connectivity index (χ0) is 47.2. The third kappa shape index (κ3) is 50.2. The van der Waals surface area contributed by atoms with Crippen LogP contribution < -0.4 is 0 Å². The van der Waals surface area contributed by atoms with Gasteiger partial charge < -0.3 is 14.2 Å². The average Bonchev–Trinajstić information content (AvgIpc) is 3.30. The van der Waals surface area contributed by atoms with Gasteiger partial charge in [0.1, 0.15) is 13.2 Å². The lowest BCUT2D eigenvalue weighted by Crippen LogP contribution is -2.30. The minimum Gasteiger partial charge on any atom is -0.462 e. The monoisotopic (exact) mass is 895 g/mol. The number of hydrogen-bond donors (Lipinski definition) is 0. The minimum atomic E-state index is -0.818. The van der Waals surface area contributed by atoms with Crippen LogP contribution in [0.25, 0.3) is 0 Å². The molecule has 1 atom stereocenters. The third-order valence-corrected chi connectivity index (χ3v) is 10.0. The van der Waals surface area contributed by atoms with Gasteiger partial charge in [0.15, 0.2) is 6.10 Å². The van der Waals surface area contributed by atoms with Crippen molar-refractivity contribution in [3.05, 3.63) is 146 Å². The van der Waals surface area contributed by atoms with E-state index in [0.717, 1.165) is 128 Å². The molecule has 0 aromatic heterocycles. The summed E-state index contributed by atoms with van der Waals surface area (Å²) < 4.78 is 16.7. The van der Waals surface area contributed by atoms with Crippen LogP contribution in [-0.2, 0) is 28.6 Å². The molecule has 0 saturated carbocycles. The summed E-state index contributed by atoms with van der Waals surface area (Å²) in [6, 6.07) is 0. The first-order valence-electron chi connectivity index (χ1n) is 25.5. The van der Waals surface area contributed by atoms with E-state index in [4.69, 9.17) is 14.2 Å². The molecule has 0 aromatic carbocycles. The summed E-state index contributed by atoms with van der Waals surface area (Å²) >= 11 is 0. The molecule has 0 fully saturated rings. The highest BCUT2D eigenvalue weighted by Crippen LogP contribution is 2.13. The van der Waals surface area contributed by atoms with E-state index in [1.165, 1.54) is 19.3 Å². The van der Waals surface area contributed by atoms with Gasteiger partial charge in [-0.15, -0.1) is 0 Å². The van der Waals surface area contributed by atoms with Crippen molar-refractivity contribution in [3.8, 4) is 0 Å². The van der Waals surface area contributed by atoms with Crippen LogP contribution in [0.2, 0.25) is 0 Å². The number of ether oxygens (including phenoxy) is 3. The normalized spacial score (nSPS) is 13.3. The van der Waals surface area contributed by atoms with Crippen LogP contribution in [0.4, 0.5) is 0 Å². The molecule has 0 rings (SSSR count). The van der Waals surface area contributed by atoms with Gasteiger partial charge in [0.2, 0.25) is 0 Å². The van der Waals surface area contributed by atoms with Crippen LogP contribution in [0.15, 0.2) is 146 Å². The summed E-state index contributed by atoms with van der Waals surface area (Å²) in [5.74, 6) is -1.00. The van der Waals surface area contributed by atoms with Gasteiger partial charge >= 0.3 is 17.9 Å². The van der Waals surface area contributed by atoms with Crippen molar-refractivity contribution < 1.29 is 28.6 Å². The molecular formula is C59H90O6. The van der Waals surface area contributed by atoms with E-state index in [9.17, 15) is 14.4 Å². The molecule has 0 aromatic rings. The van der Waals surface area contributed by atoms with Crippen molar-refractivity contribution in [2.45, 2.75) is 194 Å². The minimum absolute atomic E-state index is 0.117. The Kier molecular flexibility index (Phi) is 48.2. The van der Waals surface area contributed by atoms with Crippen molar-refractivity contribution in [3.63, 3.8) is 0 Å². The largest absolute Gasteiger partial charge is 0.462 e. The molecule has 0 aliphatic rings. The van der Waals surface area contributed by atoms with Crippen molar-refractivity contribution in [2.75, 3.05) is 13.2 Å². The number of rotatable bonds is 43. The van der Waals surface area contributed by atoms with Crippen LogP contribution in [0.5, 0.6) is 0 Å². The molecular weight excluding hydrogens is 805 g/mol. The smallest absolute Gasteiger partial charge is 0.306 e. The highest BCUT2D eigenvalue weighted by Gasteiger charge is 2.19. The number of carbonyl (C=O) groups excluding carboxylic acids is 3. The molecule has 0 heterocycles. The summed E-state index contributed by atoms with van der Waals surface area (Å²) in [4.78, 5) is 38.0. The lowest BCUT2D eigenvalue weighted by molar-refractivity contribution is -0.167. The Bertz CT molecular complexity index is 1490. The first-order chi connectivity index (χ1) is 32.0. The maximum absolute atomic E-state index is 12.8. The van der Waals surface area contributed by atoms with E-state index in [0.29, 0.717) is 19.3 Å². The highest BCUT2D eigenvalue weighted by molar-refractivity contribution is 5.71. The van der Waals surface area contributed by atoms with Gasteiger partial charge in [-0.2, -0.15) is 0 Å². The predicted octanol–water partition coefficient (Wildman–Crippen LogP) is 16.9. The van der Waals surface area contributed by atoms with Gasteiger partial charge in [0.05, 0.1) is 0 Å². The standard InChI is InChI=1S/C59H90O6/c1-4-7-10-13-16-19-22-25-27-29-30-32-34-37-40-43-46-49-52-58(61)64-55-56(54-63-57(60)51-48-45-42-39-36-33-24-21-18-15-12-9-6-3)65-59(62)53-50-47-44-41-38-35-31-28-26-23-20-17-14-11-8-5-2/h8-13,15-22,24-30,32-33,36,56H,4-7,14,23,31,34-35,37-55H2,1-3H3/b11-8+,12-9+,13-10+,18-15+,19-16+,20-17+,24-21+,25-22+,28-26+,29-27+,32-30+,36-33+. The number of allylic oxidation sites excluding steroid dienone is 24. The van der Waals surface area contributed by atoms with E-state index >= 15 is 0 Å². The second-order valence-electron chi connectivity index (χ2n) is 16.2. The Labute approximate surface area is 397 Å². The fourth-order valence-electron chi connectivity index (χ4n) is 6.26. The number of esters is 3. The van der Waals surface area contributed by atoms with Crippen molar-refractivity contribution in [2.24, 2.45) is 0 Å². The predicted molar refractivity (Wildman–Crippen MR) is 279 cm³/mol.